The first-order valence-electron chi connectivity index (χ1n) is 8.40. The molecule has 0 saturated carbocycles. The molecule has 2 aromatic rings. The van der Waals surface area contributed by atoms with E-state index in [-0.39, 0.29) is 12.1 Å². The Morgan fingerprint density at radius 2 is 1.58 bits per heavy atom. The average Bonchev–Trinajstić information content (AvgIpc) is 2.64. The molecule has 2 amide bonds. The van der Waals surface area contributed by atoms with Crippen LogP contribution in [0, 0.1) is 0 Å². The number of carbonyl (C=O) groups is 1. The fourth-order valence-corrected chi connectivity index (χ4v) is 2.99. The molecular formula is C19H24N4O. The summed E-state index contributed by atoms with van der Waals surface area (Å²) in [5.41, 5.74) is 3.08. The predicted octanol–water partition coefficient (Wildman–Crippen LogP) is 3.52. The Morgan fingerprint density at radius 1 is 0.958 bits per heavy atom. The summed E-state index contributed by atoms with van der Waals surface area (Å²) in [7, 11) is 1.87. The molecule has 0 unspecified atom stereocenters. The molecular weight excluding hydrogens is 300 g/mol. The van der Waals surface area contributed by atoms with Crippen molar-refractivity contribution in [1.29, 1.82) is 0 Å². The van der Waals surface area contributed by atoms with Crippen LogP contribution < -0.4 is 20.9 Å². The molecule has 1 fully saturated rings. The molecule has 0 aromatic heterocycles. The SMILES string of the molecule is CNc1ccc(NC(=O)NC2CCN(c3ccccc3)CC2)cc1. The van der Waals surface area contributed by atoms with E-state index in [9.17, 15) is 4.79 Å². The molecule has 0 radical (unpaired) electrons. The van der Waals surface area contributed by atoms with Gasteiger partial charge in [-0.05, 0) is 49.2 Å². The molecule has 1 aliphatic rings. The van der Waals surface area contributed by atoms with Crippen LogP contribution in [0.15, 0.2) is 54.6 Å². The fraction of sp³-hybridized carbons (Fsp3) is 0.316. The molecule has 126 valence electrons. The van der Waals surface area contributed by atoms with E-state index in [2.05, 4.69) is 45.1 Å². The molecule has 0 atom stereocenters. The summed E-state index contributed by atoms with van der Waals surface area (Å²) in [5.74, 6) is 0. The van der Waals surface area contributed by atoms with Crippen molar-refractivity contribution >= 4 is 23.1 Å². The molecule has 3 rings (SSSR count). The molecule has 1 aliphatic heterocycles. The first-order chi connectivity index (χ1) is 11.7. The van der Waals surface area contributed by atoms with E-state index in [0.717, 1.165) is 37.3 Å². The third-order valence-electron chi connectivity index (χ3n) is 4.38. The van der Waals surface area contributed by atoms with Crippen LogP contribution in [0.3, 0.4) is 0 Å². The number of benzene rings is 2. The predicted molar refractivity (Wildman–Crippen MR) is 99.8 cm³/mol. The Kier molecular flexibility index (Phi) is 5.21. The lowest BCUT2D eigenvalue weighted by Crippen LogP contribution is -2.46. The van der Waals surface area contributed by atoms with E-state index in [1.54, 1.807) is 0 Å². The third kappa shape index (κ3) is 4.19. The standard InChI is InChI=1S/C19H24N4O/c1-20-15-7-9-16(10-8-15)21-19(24)22-17-11-13-23(14-12-17)18-5-3-2-4-6-18/h2-10,17,20H,11-14H2,1H3,(H2,21,22,24). The van der Waals surface area contributed by atoms with E-state index in [1.165, 1.54) is 5.69 Å². The number of nitrogens with zero attached hydrogens (tertiary/aromatic N) is 1. The maximum absolute atomic E-state index is 12.1. The van der Waals surface area contributed by atoms with E-state index < -0.39 is 0 Å². The zero-order chi connectivity index (χ0) is 16.8. The summed E-state index contributed by atoms with van der Waals surface area (Å²) in [6.45, 7) is 1.93. The maximum Gasteiger partial charge on any atom is 0.319 e. The van der Waals surface area contributed by atoms with Crippen LogP contribution in [0.2, 0.25) is 0 Å². The Morgan fingerprint density at radius 3 is 2.21 bits per heavy atom. The molecule has 5 nitrogen and oxygen atoms in total. The molecule has 3 N–H and O–H groups in total. The quantitative estimate of drug-likeness (QED) is 0.806. The summed E-state index contributed by atoms with van der Waals surface area (Å²) in [6, 6.07) is 18.2. The molecule has 1 saturated heterocycles. The summed E-state index contributed by atoms with van der Waals surface area (Å²) >= 11 is 0. The van der Waals surface area contributed by atoms with Crippen molar-refractivity contribution in [3.63, 3.8) is 0 Å². The number of anilines is 3. The molecule has 24 heavy (non-hydrogen) atoms. The fourth-order valence-electron chi connectivity index (χ4n) is 2.99. The lowest BCUT2D eigenvalue weighted by atomic mass is 10.0. The van der Waals surface area contributed by atoms with E-state index in [1.807, 2.05) is 37.4 Å². The summed E-state index contributed by atoms with van der Waals surface area (Å²) < 4.78 is 0. The number of carbonyl (C=O) groups excluding carboxylic acids is 1. The van der Waals surface area contributed by atoms with E-state index in [4.69, 9.17) is 0 Å². The van der Waals surface area contributed by atoms with Gasteiger partial charge in [0.05, 0.1) is 0 Å². The van der Waals surface area contributed by atoms with E-state index in [0.29, 0.717) is 0 Å². The number of hydrogen-bond acceptors (Lipinski definition) is 3. The largest absolute Gasteiger partial charge is 0.388 e. The molecule has 0 aliphatic carbocycles. The Balaban J connectivity index is 1.46. The highest BCUT2D eigenvalue weighted by atomic mass is 16.2. The van der Waals surface area contributed by atoms with Gasteiger partial charge in [-0.2, -0.15) is 0 Å². The van der Waals surface area contributed by atoms with Gasteiger partial charge in [-0.25, -0.2) is 4.79 Å². The smallest absolute Gasteiger partial charge is 0.319 e. The normalized spacial score (nSPS) is 15.0. The van der Waals surface area contributed by atoms with Gasteiger partial charge in [0.15, 0.2) is 0 Å². The van der Waals surface area contributed by atoms with Crippen molar-refractivity contribution in [2.24, 2.45) is 0 Å². The number of amides is 2. The van der Waals surface area contributed by atoms with Crippen LogP contribution in [0.5, 0.6) is 0 Å². The van der Waals surface area contributed by atoms with Crippen molar-refractivity contribution in [2.75, 3.05) is 35.7 Å². The van der Waals surface area contributed by atoms with Crippen LogP contribution in [0.25, 0.3) is 0 Å². The highest BCUT2D eigenvalue weighted by Gasteiger charge is 2.20. The average molecular weight is 324 g/mol. The summed E-state index contributed by atoms with van der Waals surface area (Å²) in [5, 5.41) is 9.03. The number of urea groups is 1. The highest BCUT2D eigenvalue weighted by molar-refractivity contribution is 5.89. The van der Waals surface area contributed by atoms with Gasteiger partial charge < -0.3 is 20.9 Å². The van der Waals surface area contributed by atoms with Gasteiger partial charge in [-0.3, -0.25) is 0 Å². The van der Waals surface area contributed by atoms with Gasteiger partial charge >= 0.3 is 6.03 Å². The highest BCUT2D eigenvalue weighted by Crippen LogP contribution is 2.19. The minimum absolute atomic E-state index is 0.134. The number of nitrogens with one attached hydrogen (secondary N) is 3. The van der Waals surface area contributed by atoms with Crippen molar-refractivity contribution in [2.45, 2.75) is 18.9 Å². The molecule has 2 aromatic carbocycles. The first kappa shape index (κ1) is 16.2. The van der Waals surface area contributed by atoms with Crippen molar-refractivity contribution in [3.8, 4) is 0 Å². The van der Waals surface area contributed by atoms with Gasteiger partial charge in [0.2, 0.25) is 0 Å². The molecule has 0 bridgehead atoms. The zero-order valence-electron chi connectivity index (χ0n) is 14.0. The number of para-hydroxylation sites is 1. The second kappa shape index (κ2) is 7.73. The topological polar surface area (TPSA) is 56.4 Å². The second-order valence-corrected chi connectivity index (χ2v) is 6.02. The Labute approximate surface area is 143 Å². The van der Waals surface area contributed by atoms with Gasteiger partial charge in [0.25, 0.3) is 0 Å². The van der Waals surface area contributed by atoms with Gasteiger partial charge in [0.1, 0.15) is 0 Å². The van der Waals surface area contributed by atoms with Crippen LogP contribution in [0.1, 0.15) is 12.8 Å². The van der Waals surface area contributed by atoms with Crippen molar-refractivity contribution in [3.05, 3.63) is 54.6 Å². The van der Waals surface area contributed by atoms with Gasteiger partial charge in [-0.1, -0.05) is 18.2 Å². The van der Waals surface area contributed by atoms with Crippen molar-refractivity contribution in [1.82, 2.24) is 5.32 Å². The minimum Gasteiger partial charge on any atom is -0.388 e. The molecule has 5 heteroatoms. The molecule has 0 spiro atoms. The second-order valence-electron chi connectivity index (χ2n) is 6.02. The summed E-state index contributed by atoms with van der Waals surface area (Å²) in [6.07, 6.45) is 1.92. The van der Waals surface area contributed by atoms with Crippen LogP contribution in [-0.2, 0) is 0 Å². The van der Waals surface area contributed by atoms with Gasteiger partial charge in [-0.15, -0.1) is 0 Å². The number of rotatable bonds is 4. The van der Waals surface area contributed by atoms with Gasteiger partial charge in [0, 0.05) is 43.2 Å². The first-order valence-corrected chi connectivity index (χ1v) is 8.40. The third-order valence-corrected chi connectivity index (χ3v) is 4.38. The minimum atomic E-state index is -0.134. The number of hydrogen-bond donors (Lipinski definition) is 3. The Bertz CT molecular complexity index is 649. The maximum atomic E-state index is 12.1. The van der Waals surface area contributed by atoms with E-state index >= 15 is 0 Å². The molecule has 1 heterocycles. The van der Waals surface area contributed by atoms with Crippen LogP contribution in [-0.4, -0.2) is 32.2 Å². The van der Waals surface area contributed by atoms with Crippen LogP contribution in [0.4, 0.5) is 21.9 Å². The Hall–Kier alpha value is -2.69. The lowest BCUT2D eigenvalue weighted by molar-refractivity contribution is 0.246. The monoisotopic (exact) mass is 324 g/mol. The van der Waals surface area contributed by atoms with Crippen LogP contribution >= 0.6 is 0 Å². The number of piperidine rings is 1. The van der Waals surface area contributed by atoms with Crippen molar-refractivity contribution < 1.29 is 4.79 Å². The zero-order valence-corrected chi connectivity index (χ0v) is 14.0. The summed E-state index contributed by atoms with van der Waals surface area (Å²) in [4.78, 5) is 14.5. The lowest BCUT2D eigenvalue weighted by Gasteiger charge is -2.33.